The molecule has 112 valence electrons. The van der Waals surface area contributed by atoms with Crippen LogP contribution in [0.4, 0.5) is 5.95 Å². The lowest BCUT2D eigenvalue weighted by molar-refractivity contribution is 0.311. The molecule has 5 nitrogen and oxygen atoms in total. The number of aryl methyl sites for hydroxylation is 1. The van der Waals surface area contributed by atoms with E-state index in [1.807, 2.05) is 6.20 Å². The number of nitrogens with zero attached hydrogens (tertiary/aromatic N) is 4. The lowest BCUT2D eigenvalue weighted by atomic mass is 10.1. The molecule has 1 aromatic rings. The second-order valence-electron chi connectivity index (χ2n) is 6.67. The van der Waals surface area contributed by atoms with E-state index in [1.165, 1.54) is 5.56 Å². The molecule has 0 aromatic carbocycles. The Labute approximate surface area is 122 Å². The van der Waals surface area contributed by atoms with Gasteiger partial charge < -0.3 is 15.1 Å². The minimum atomic E-state index is 0.114. The van der Waals surface area contributed by atoms with Crippen molar-refractivity contribution in [3.63, 3.8) is 0 Å². The Morgan fingerprint density at radius 1 is 1.20 bits per heavy atom. The average molecular weight is 277 g/mol. The summed E-state index contributed by atoms with van der Waals surface area (Å²) in [6.07, 6.45) is 1.97. The molecule has 20 heavy (non-hydrogen) atoms. The number of anilines is 1. The van der Waals surface area contributed by atoms with E-state index in [2.05, 4.69) is 59.8 Å². The Kier molecular flexibility index (Phi) is 4.60. The van der Waals surface area contributed by atoms with Crippen molar-refractivity contribution in [1.82, 2.24) is 20.2 Å². The molecule has 1 aliphatic rings. The molecule has 1 saturated heterocycles. The van der Waals surface area contributed by atoms with E-state index >= 15 is 0 Å². The first-order valence-corrected chi connectivity index (χ1v) is 7.36. The second-order valence-corrected chi connectivity index (χ2v) is 6.67. The Balaban J connectivity index is 2.02. The molecule has 1 fully saturated rings. The summed E-state index contributed by atoms with van der Waals surface area (Å²) in [7, 11) is 2.16. The first-order valence-electron chi connectivity index (χ1n) is 7.36. The quantitative estimate of drug-likeness (QED) is 0.905. The highest BCUT2D eigenvalue weighted by Crippen LogP contribution is 2.14. The monoisotopic (exact) mass is 277 g/mol. The van der Waals surface area contributed by atoms with Crippen LogP contribution in [0.2, 0.25) is 0 Å². The van der Waals surface area contributed by atoms with Crippen LogP contribution < -0.4 is 10.2 Å². The summed E-state index contributed by atoms with van der Waals surface area (Å²) >= 11 is 0. The highest BCUT2D eigenvalue weighted by atomic mass is 15.3. The summed E-state index contributed by atoms with van der Waals surface area (Å²) in [5.74, 6) is 0.870. The van der Waals surface area contributed by atoms with E-state index in [-0.39, 0.29) is 5.54 Å². The van der Waals surface area contributed by atoms with Crippen LogP contribution >= 0.6 is 0 Å². The zero-order valence-electron chi connectivity index (χ0n) is 13.4. The van der Waals surface area contributed by atoms with Gasteiger partial charge in [0.05, 0.1) is 0 Å². The molecule has 2 heterocycles. The standard InChI is InChI=1S/C15H27N5/c1-12-13(11-17-15(2,3)4)10-16-14(18-12)20-8-6-19(5)7-9-20/h10,17H,6-9,11H2,1-5H3. The number of nitrogens with one attached hydrogen (secondary N) is 1. The van der Waals surface area contributed by atoms with Gasteiger partial charge in [0.25, 0.3) is 0 Å². The summed E-state index contributed by atoms with van der Waals surface area (Å²) in [6, 6.07) is 0. The molecule has 0 bridgehead atoms. The molecule has 0 atom stereocenters. The van der Waals surface area contributed by atoms with E-state index in [0.717, 1.165) is 44.4 Å². The van der Waals surface area contributed by atoms with Gasteiger partial charge in [0.2, 0.25) is 5.95 Å². The smallest absolute Gasteiger partial charge is 0.225 e. The van der Waals surface area contributed by atoms with Gasteiger partial charge in [0, 0.05) is 55.7 Å². The van der Waals surface area contributed by atoms with Crippen LogP contribution in [0.15, 0.2) is 6.20 Å². The summed E-state index contributed by atoms with van der Waals surface area (Å²) in [5.41, 5.74) is 2.37. The number of aromatic nitrogens is 2. The molecule has 0 spiro atoms. The van der Waals surface area contributed by atoms with Crippen LogP contribution in [-0.4, -0.2) is 53.6 Å². The Bertz CT molecular complexity index is 444. The summed E-state index contributed by atoms with van der Waals surface area (Å²) in [4.78, 5) is 13.8. The van der Waals surface area contributed by atoms with Gasteiger partial charge >= 0.3 is 0 Å². The predicted octanol–water partition coefficient (Wildman–Crippen LogP) is 1.42. The van der Waals surface area contributed by atoms with Crippen molar-refractivity contribution in [2.75, 3.05) is 38.1 Å². The minimum Gasteiger partial charge on any atom is -0.338 e. The highest BCUT2D eigenvalue weighted by Gasteiger charge is 2.17. The van der Waals surface area contributed by atoms with Crippen LogP contribution in [0.25, 0.3) is 0 Å². The lowest BCUT2D eigenvalue weighted by Crippen LogP contribution is -2.45. The number of hydrogen-bond donors (Lipinski definition) is 1. The van der Waals surface area contributed by atoms with Gasteiger partial charge in [-0.3, -0.25) is 0 Å². The average Bonchev–Trinajstić information content (AvgIpc) is 2.37. The van der Waals surface area contributed by atoms with E-state index in [1.54, 1.807) is 0 Å². The third-order valence-electron chi connectivity index (χ3n) is 3.66. The lowest BCUT2D eigenvalue weighted by Gasteiger charge is -2.32. The molecule has 0 aliphatic carbocycles. The number of rotatable bonds is 3. The highest BCUT2D eigenvalue weighted by molar-refractivity contribution is 5.33. The molecule has 0 radical (unpaired) electrons. The third-order valence-corrected chi connectivity index (χ3v) is 3.66. The van der Waals surface area contributed by atoms with E-state index < -0.39 is 0 Å². The van der Waals surface area contributed by atoms with E-state index in [9.17, 15) is 0 Å². The van der Waals surface area contributed by atoms with Gasteiger partial charge in [-0.1, -0.05) is 0 Å². The predicted molar refractivity (Wildman–Crippen MR) is 83.1 cm³/mol. The van der Waals surface area contributed by atoms with Crippen molar-refractivity contribution in [3.8, 4) is 0 Å². The summed E-state index contributed by atoms with van der Waals surface area (Å²) in [6.45, 7) is 13.6. The maximum Gasteiger partial charge on any atom is 0.225 e. The molecule has 1 aliphatic heterocycles. The van der Waals surface area contributed by atoms with Crippen molar-refractivity contribution in [2.24, 2.45) is 0 Å². The van der Waals surface area contributed by atoms with Crippen molar-refractivity contribution in [2.45, 2.75) is 39.8 Å². The normalized spacial score (nSPS) is 17.6. The van der Waals surface area contributed by atoms with Gasteiger partial charge in [-0.2, -0.15) is 0 Å². The molecule has 0 amide bonds. The van der Waals surface area contributed by atoms with Crippen molar-refractivity contribution in [1.29, 1.82) is 0 Å². The van der Waals surface area contributed by atoms with Gasteiger partial charge in [-0.05, 0) is 34.7 Å². The maximum atomic E-state index is 4.68. The molecule has 0 unspecified atom stereocenters. The van der Waals surface area contributed by atoms with Gasteiger partial charge in [-0.25, -0.2) is 9.97 Å². The van der Waals surface area contributed by atoms with E-state index in [0.29, 0.717) is 0 Å². The van der Waals surface area contributed by atoms with Gasteiger partial charge in [0.1, 0.15) is 0 Å². The van der Waals surface area contributed by atoms with Crippen molar-refractivity contribution in [3.05, 3.63) is 17.5 Å². The zero-order chi connectivity index (χ0) is 14.8. The number of hydrogen-bond acceptors (Lipinski definition) is 5. The Hall–Kier alpha value is -1.20. The Morgan fingerprint density at radius 2 is 1.85 bits per heavy atom. The minimum absolute atomic E-state index is 0.114. The fourth-order valence-corrected chi connectivity index (χ4v) is 2.17. The van der Waals surface area contributed by atoms with E-state index in [4.69, 9.17) is 0 Å². The first kappa shape index (κ1) is 15.2. The topological polar surface area (TPSA) is 44.3 Å². The SMILES string of the molecule is Cc1nc(N2CCN(C)CC2)ncc1CNC(C)(C)C. The molecular weight excluding hydrogens is 250 g/mol. The number of piperazine rings is 1. The molecule has 1 N–H and O–H groups in total. The first-order chi connectivity index (χ1) is 9.35. The van der Waals surface area contributed by atoms with Gasteiger partial charge in [0.15, 0.2) is 0 Å². The fourth-order valence-electron chi connectivity index (χ4n) is 2.17. The van der Waals surface area contributed by atoms with Crippen LogP contribution in [0, 0.1) is 6.92 Å². The summed E-state index contributed by atoms with van der Waals surface area (Å²) < 4.78 is 0. The number of likely N-dealkylation sites (N-methyl/N-ethyl adjacent to an activating group) is 1. The van der Waals surface area contributed by atoms with Crippen molar-refractivity contribution >= 4 is 5.95 Å². The second kappa shape index (κ2) is 6.06. The molecular formula is C15H27N5. The third kappa shape index (κ3) is 4.15. The van der Waals surface area contributed by atoms with Crippen LogP contribution in [0.3, 0.4) is 0 Å². The molecule has 2 rings (SSSR count). The fraction of sp³-hybridized carbons (Fsp3) is 0.733. The van der Waals surface area contributed by atoms with Crippen LogP contribution in [0.1, 0.15) is 32.0 Å². The van der Waals surface area contributed by atoms with Crippen LogP contribution in [-0.2, 0) is 6.54 Å². The maximum absolute atomic E-state index is 4.68. The largest absolute Gasteiger partial charge is 0.338 e. The Morgan fingerprint density at radius 3 is 2.40 bits per heavy atom. The molecule has 1 aromatic heterocycles. The zero-order valence-corrected chi connectivity index (χ0v) is 13.4. The molecule has 5 heteroatoms. The van der Waals surface area contributed by atoms with Crippen molar-refractivity contribution < 1.29 is 0 Å². The summed E-state index contributed by atoms with van der Waals surface area (Å²) in [5, 5.41) is 3.48. The van der Waals surface area contributed by atoms with Crippen LogP contribution in [0.5, 0.6) is 0 Å². The molecule has 0 saturated carbocycles. The van der Waals surface area contributed by atoms with Gasteiger partial charge in [-0.15, -0.1) is 0 Å².